The van der Waals surface area contributed by atoms with Gasteiger partial charge in [-0.3, -0.25) is 4.90 Å². The molecule has 1 spiro atoms. The van der Waals surface area contributed by atoms with Crippen LogP contribution >= 0.6 is 0 Å². The lowest BCUT2D eigenvalue weighted by Gasteiger charge is -2.49. The van der Waals surface area contributed by atoms with E-state index in [0.29, 0.717) is 13.0 Å². The summed E-state index contributed by atoms with van der Waals surface area (Å²) in [5.74, 6) is 0.706. The van der Waals surface area contributed by atoms with Gasteiger partial charge in [0.25, 0.3) is 0 Å². The molecule has 6 heteroatoms. The summed E-state index contributed by atoms with van der Waals surface area (Å²) in [6.07, 6.45) is 12.0. The maximum absolute atomic E-state index is 13.3. The fourth-order valence-corrected chi connectivity index (χ4v) is 7.87. The standard InChI is InChI=1S/C31H39N2O4/c1-6-30(19-36-29(3,4)37-30)18-22-17-23(28(34)35-5)26-31(24-13-9-10-14-25(24)32-26)15-16-33(27(22)31)20(2)21-11-7-8-12-21/h7-14,20,22,27,32H,6,15-19H2,1-5H3/t20-,22+,27+,30-,31+/m0/s1. The van der Waals surface area contributed by atoms with E-state index in [4.69, 9.17) is 14.2 Å². The number of rotatable bonds is 6. The van der Waals surface area contributed by atoms with Gasteiger partial charge in [-0.05, 0) is 89.7 Å². The van der Waals surface area contributed by atoms with Crippen molar-refractivity contribution in [1.29, 1.82) is 0 Å². The van der Waals surface area contributed by atoms with Crippen LogP contribution < -0.4 is 5.32 Å². The number of ether oxygens (including phenoxy) is 3. The van der Waals surface area contributed by atoms with Crippen LogP contribution in [0.2, 0.25) is 0 Å². The highest BCUT2D eigenvalue weighted by atomic mass is 16.8. The molecule has 0 bridgehead atoms. The zero-order valence-corrected chi connectivity index (χ0v) is 22.7. The average molecular weight is 504 g/mol. The summed E-state index contributed by atoms with van der Waals surface area (Å²) in [5, 5.41) is 3.71. The number of likely N-dealkylation sites (tertiary alicyclic amines) is 1. The largest absolute Gasteiger partial charge is 0.466 e. The van der Waals surface area contributed by atoms with Gasteiger partial charge >= 0.3 is 5.97 Å². The van der Waals surface area contributed by atoms with Crippen LogP contribution in [0.25, 0.3) is 0 Å². The van der Waals surface area contributed by atoms with Crippen molar-refractivity contribution < 1.29 is 19.0 Å². The first kappa shape index (κ1) is 25.4. The molecule has 3 aliphatic heterocycles. The zero-order chi connectivity index (χ0) is 26.0. The van der Waals surface area contributed by atoms with Gasteiger partial charge in [0.1, 0.15) is 0 Å². The molecule has 1 aromatic rings. The molecule has 1 N–H and O–H groups in total. The molecule has 6 nitrogen and oxygen atoms in total. The zero-order valence-electron chi connectivity index (χ0n) is 22.7. The molecular formula is C31H39N2O4. The second-order valence-electron chi connectivity index (χ2n) is 11.8. The number of carbonyl (C=O) groups is 1. The molecule has 6 rings (SSSR count). The molecule has 197 valence electrons. The lowest BCUT2D eigenvalue weighted by molar-refractivity contribution is -0.167. The van der Waals surface area contributed by atoms with Gasteiger partial charge in [0.05, 0.1) is 30.3 Å². The normalized spacial score (nSPS) is 35.7. The van der Waals surface area contributed by atoms with Crippen LogP contribution in [0, 0.1) is 37.5 Å². The molecule has 3 heterocycles. The van der Waals surface area contributed by atoms with Crippen LogP contribution in [0.5, 0.6) is 0 Å². The molecule has 2 saturated heterocycles. The van der Waals surface area contributed by atoms with Crippen molar-refractivity contribution in [2.45, 2.75) is 82.3 Å². The first-order valence-corrected chi connectivity index (χ1v) is 13.7. The molecule has 5 aliphatic rings. The molecule has 1 aromatic carbocycles. The number of benzene rings is 1. The molecule has 0 amide bonds. The van der Waals surface area contributed by atoms with Crippen molar-refractivity contribution in [3.05, 3.63) is 72.7 Å². The third-order valence-corrected chi connectivity index (χ3v) is 9.48. The maximum atomic E-state index is 13.3. The van der Waals surface area contributed by atoms with E-state index in [1.807, 2.05) is 13.8 Å². The summed E-state index contributed by atoms with van der Waals surface area (Å²) < 4.78 is 18.1. The minimum absolute atomic E-state index is 0.197. The number of carbonyl (C=O) groups excluding carboxylic acids is 1. The summed E-state index contributed by atoms with van der Waals surface area (Å²) in [6, 6.07) is 9.08. The van der Waals surface area contributed by atoms with Crippen molar-refractivity contribution >= 4 is 11.7 Å². The summed E-state index contributed by atoms with van der Waals surface area (Å²) in [4.78, 5) is 16.0. The fourth-order valence-electron chi connectivity index (χ4n) is 7.87. The van der Waals surface area contributed by atoms with Gasteiger partial charge in [0, 0.05) is 35.9 Å². The topological polar surface area (TPSA) is 60.0 Å². The average Bonchev–Trinajstić information content (AvgIpc) is 3.68. The minimum Gasteiger partial charge on any atom is -0.466 e. The van der Waals surface area contributed by atoms with Crippen molar-refractivity contribution in [2.24, 2.45) is 5.92 Å². The first-order valence-electron chi connectivity index (χ1n) is 13.7. The van der Waals surface area contributed by atoms with Gasteiger partial charge in [-0.2, -0.15) is 0 Å². The van der Waals surface area contributed by atoms with E-state index in [0.717, 1.165) is 42.8 Å². The highest BCUT2D eigenvalue weighted by Crippen LogP contribution is 2.61. The third-order valence-electron chi connectivity index (χ3n) is 9.48. The Morgan fingerprint density at radius 3 is 2.68 bits per heavy atom. The lowest BCUT2D eigenvalue weighted by atomic mass is 9.61. The summed E-state index contributed by atoms with van der Waals surface area (Å²) in [5.41, 5.74) is 3.58. The third kappa shape index (κ3) is 3.89. The van der Waals surface area contributed by atoms with Crippen LogP contribution in [0.1, 0.15) is 58.9 Å². The second-order valence-corrected chi connectivity index (χ2v) is 11.8. The van der Waals surface area contributed by atoms with Crippen LogP contribution in [0.15, 0.2) is 35.5 Å². The van der Waals surface area contributed by atoms with E-state index >= 15 is 0 Å². The monoisotopic (exact) mass is 503 g/mol. The highest BCUT2D eigenvalue weighted by molar-refractivity contribution is 5.93. The van der Waals surface area contributed by atoms with Crippen LogP contribution in [-0.4, -0.2) is 54.6 Å². The molecule has 3 fully saturated rings. The number of anilines is 1. The molecular weight excluding hydrogens is 464 g/mol. The van der Waals surface area contributed by atoms with E-state index < -0.39 is 5.79 Å². The van der Waals surface area contributed by atoms with E-state index in [1.54, 1.807) is 0 Å². The van der Waals surface area contributed by atoms with E-state index in [1.165, 1.54) is 18.6 Å². The van der Waals surface area contributed by atoms with Crippen molar-refractivity contribution in [3.8, 4) is 0 Å². The number of para-hydroxylation sites is 1. The quantitative estimate of drug-likeness (QED) is 0.552. The number of methoxy groups -OCH3 is 1. The van der Waals surface area contributed by atoms with Gasteiger partial charge in [-0.15, -0.1) is 0 Å². The molecule has 5 radical (unpaired) electrons. The minimum atomic E-state index is -0.603. The number of hydrogen-bond donors (Lipinski definition) is 1. The van der Waals surface area contributed by atoms with Crippen LogP contribution in [0.3, 0.4) is 0 Å². The van der Waals surface area contributed by atoms with Gasteiger partial charge in [0.2, 0.25) is 0 Å². The van der Waals surface area contributed by atoms with E-state index in [9.17, 15) is 4.79 Å². The lowest BCUT2D eigenvalue weighted by Crippen LogP contribution is -2.56. The Kier molecular flexibility index (Phi) is 6.24. The molecule has 2 aliphatic carbocycles. The second kappa shape index (κ2) is 9.10. The Morgan fingerprint density at radius 2 is 2.00 bits per heavy atom. The Labute approximate surface area is 222 Å². The van der Waals surface area contributed by atoms with Crippen molar-refractivity contribution in [1.82, 2.24) is 4.90 Å². The Bertz CT molecular complexity index is 1090. The Hall–Kier alpha value is -1.89. The predicted molar refractivity (Wildman–Crippen MR) is 143 cm³/mol. The number of hydrogen-bond acceptors (Lipinski definition) is 6. The van der Waals surface area contributed by atoms with Gasteiger partial charge in [0.15, 0.2) is 5.79 Å². The summed E-state index contributed by atoms with van der Waals surface area (Å²) in [7, 11) is 1.49. The molecule has 5 atom stereocenters. The van der Waals surface area contributed by atoms with E-state index in [-0.39, 0.29) is 35.0 Å². The van der Waals surface area contributed by atoms with Gasteiger partial charge in [-0.1, -0.05) is 25.1 Å². The molecule has 1 saturated carbocycles. The molecule has 0 aromatic heterocycles. The number of nitrogens with one attached hydrogen (secondary N) is 1. The van der Waals surface area contributed by atoms with Gasteiger partial charge < -0.3 is 19.5 Å². The Balaban J connectivity index is 1.48. The van der Waals surface area contributed by atoms with Crippen molar-refractivity contribution in [2.75, 3.05) is 25.6 Å². The first-order chi connectivity index (χ1) is 17.7. The SMILES string of the molecule is CC[C@]1(C[C@H]2CC(C(=O)OC)=C3Nc4ccccc4[C@]34CCN([C@@H](C)[C]3[CH][CH][CH][CH]3)[C@H]24)COC(C)(C)O1. The highest BCUT2D eigenvalue weighted by Gasteiger charge is 2.63. The molecule has 37 heavy (non-hydrogen) atoms. The predicted octanol–water partition coefficient (Wildman–Crippen LogP) is 4.99. The number of fused-ring (bicyclic) bond motifs is 1. The van der Waals surface area contributed by atoms with Crippen LogP contribution in [0.4, 0.5) is 5.69 Å². The summed E-state index contributed by atoms with van der Waals surface area (Å²) >= 11 is 0. The Morgan fingerprint density at radius 1 is 1.24 bits per heavy atom. The fraction of sp³-hybridized carbons (Fsp3) is 0.548. The van der Waals surface area contributed by atoms with Gasteiger partial charge in [-0.25, -0.2) is 4.79 Å². The number of nitrogens with zero attached hydrogens (tertiary/aromatic N) is 1. The smallest absolute Gasteiger partial charge is 0.335 e. The van der Waals surface area contributed by atoms with E-state index in [2.05, 4.69) is 74.0 Å². The van der Waals surface area contributed by atoms with Crippen LogP contribution in [-0.2, 0) is 24.4 Å². The van der Waals surface area contributed by atoms with Crippen molar-refractivity contribution in [3.63, 3.8) is 0 Å². The number of esters is 1. The molecule has 0 unspecified atom stereocenters. The summed E-state index contributed by atoms with van der Waals surface area (Å²) in [6.45, 7) is 10.1. The maximum Gasteiger partial charge on any atom is 0.335 e.